The number of hydrogen-bond donors (Lipinski definition) is 2. The monoisotopic (exact) mass is 321 g/mol. The Morgan fingerprint density at radius 2 is 2.22 bits per heavy atom. The van der Waals surface area contributed by atoms with Crippen LogP contribution in [-0.4, -0.2) is 61.9 Å². The summed E-state index contributed by atoms with van der Waals surface area (Å²) >= 11 is 0. The molecule has 0 aliphatic carbocycles. The Labute approximate surface area is 138 Å². The van der Waals surface area contributed by atoms with Gasteiger partial charge < -0.3 is 20.1 Å². The van der Waals surface area contributed by atoms with Gasteiger partial charge in [-0.15, -0.1) is 0 Å². The van der Waals surface area contributed by atoms with Crippen molar-refractivity contribution in [3.8, 4) is 5.75 Å². The number of nitrogens with zero attached hydrogens (tertiary/aromatic N) is 2. The molecule has 1 heterocycles. The van der Waals surface area contributed by atoms with Crippen molar-refractivity contribution >= 4 is 17.8 Å². The summed E-state index contributed by atoms with van der Waals surface area (Å²) in [6, 6.07) is 6.20. The predicted octanol–water partition coefficient (Wildman–Crippen LogP) is 1.54. The lowest BCUT2D eigenvalue weighted by molar-refractivity contribution is -0.105. The molecule has 2 N–H and O–H groups in total. The molecule has 1 atom stereocenters. The summed E-state index contributed by atoms with van der Waals surface area (Å²) in [5.41, 5.74) is 1.76. The van der Waals surface area contributed by atoms with Crippen molar-refractivity contribution < 1.29 is 14.6 Å². The fourth-order valence-electron chi connectivity index (χ4n) is 2.88. The summed E-state index contributed by atoms with van der Waals surface area (Å²) in [7, 11) is 2.10. The van der Waals surface area contributed by atoms with E-state index in [0.29, 0.717) is 23.9 Å². The number of benzene rings is 1. The summed E-state index contributed by atoms with van der Waals surface area (Å²) in [5, 5.41) is 11.9. The van der Waals surface area contributed by atoms with E-state index in [4.69, 9.17) is 4.74 Å². The van der Waals surface area contributed by atoms with Gasteiger partial charge in [0.1, 0.15) is 5.75 Å². The van der Waals surface area contributed by atoms with Gasteiger partial charge in [0.15, 0.2) is 0 Å². The molecule has 1 aromatic carbocycles. The van der Waals surface area contributed by atoms with Gasteiger partial charge in [0.05, 0.1) is 11.8 Å². The third kappa shape index (κ3) is 4.59. The van der Waals surface area contributed by atoms with E-state index in [1.165, 1.54) is 0 Å². The van der Waals surface area contributed by atoms with Gasteiger partial charge in [0.2, 0.25) is 6.41 Å². The van der Waals surface area contributed by atoms with E-state index in [0.717, 1.165) is 31.7 Å². The predicted molar refractivity (Wildman–Crippen MR) is 92.2 cm³/mol. The third-order valence-electron chi connectivity index (χ3n) is 4.15. The average Bonchev–Trinajstić information content (AvgIpc) is 2.51. The molecule has 1 saturated heterocycles. The number of carbonyl (C=O) groups excluding carboxylic acids is 1. The molecule has 0 saturated carbocycles. The number of likely N-dealkylation sites (N-methyl/N-ethyl adjacent to an activating group) is 1. The lowest BCUT2D eigenvalue weighted by Crippen LogP contribution is -2.51. The van der Waals surface area contributed by atoms with Crippen LogP contribution in [0.5, 0.6) is 5.75 Å². The molecule has 1 aliphatic rings. The van der Waals surface area contributed by atoms with Crippen LogP contribution in [0.2, 0.25) is 0 Å². The topological polar surface area (TPSA) is 65.0 Å². The number of nitrogens with one attached hydrogen (secondary N) is 1. The Hall–Kier alpha value is -1.79. The summed E-state index contributed by atoms with van der Waals surface area (Å²) in [6.45, 7) is 6.89. The smallest absolute Gasteiger partial charge is 0.211 e. The number of rotatable bonds is 7. The van der Waals surface area contributed by atoms with Gasteiger partial charge in [-0.1, -0.05) is 0 Å². The lowest BCUT2D eigenvalue weighted by atomic mass is 10.1. The minimum absolute atomic E-state index is 0.0343. The fraction of sp³-hybridized carbons (Fsp3) is 0.588. The fourth-order valence-corrected chi connectivity index (χ4v) is 2.88. The van der Waals surface area contributed by atoms with Crippen LogP contribution in [0.25, 0.3) is 0 Å². The van der Waals surface area contributed by atoms with Crippen molar-refractivity contribution in [2.24, 2.45) is 0 Å². The molecular weight excluding hydrogens is 294 g/mol. The maximum Gasteiger partial charge on any atom is 0.211 e. The quantitative estimate of drug-likeness (QED) is 0.746. The number of hydrogen-bond acceptors (Lipinski definition) is 5. The van der Waals surface area contributed by atoms with E-state index in [1.807, 2.05) is 32.0 Å². The van der Waals surface area contributed by atoms with Crippen molar-refractivity contribution in [1.29, 1.82) is 0 Å². The minimum Gasteiger partial charge on any atom is -0.489 e. The van der Waals surface area contributed by atoms with Gasteiger partial charge in [-0.3, -0.25) is 9.69 Å². The van der Waals surface area contributed by atoms with Crippen molar-refractivity contribution in [3.05, 3.63) is 18.2 Å². The lowest BCUT2D eigenvalue weighted by Gasteiger charge is -2.40. The van der Waals surface area contributed by atoms with Crippen molar-refractivity contribution in [2.45, 2.75) is 32.4 Å². The van der Waals surface area contributed by atoms with Crippen LogP contribution in [0, 0.1) is 0 Å². The number of piperazine rings is 1. The van der Waals surface area contributed by atoms with Gasteiger partial charge in [0, 0.05) is 44.0 Å². The molecule has 0 spiro atoms. The largest absolute Gasteiger partial charge is 0.489 e. The Kier molecular flexibility index (Phi) is 6.24. The number of ether oxygens (including phenoxy) is 1. The van der Waals surface area contributed by atoms with Gasteiger partial charge in [-0.05, 0) is 39.4 Å². The molecule has 0 bridgehead atoms. The standard InChI is InChI=1S/C17H27N3O3/c1-13(2)23-17-10-14(4-5-16(17)18-12-22)20-8-7-19(3)15(11-20)6-9-21/h4-5,10,12-13,15,21H,6-9,11H2,1-3H3,(H,18,22). The number of carbonyl (C=O) groups is 1. The number of aliphatic hydroxyl groups excluding tert-OH is 1. The maximum atomic E-state index is 10.7. The molecule has 128 valence electrons. The van der Waals surface area contributed by atoms with E-state index in [1.54, 1.807) is 0 Å². The maximum absolute atomic E-state index is 10.7. The first-order valence-corrected chi connectivity index (χ1v) is 8.12. The first-order valence-electron chi connectivity index (χ1n) is 8.12. The molecule has 6 heteroatoms. The Morgan fingerprint density at radius 1 is 1.43 bits per heavy atom. The molecule has 1 amide bonds. The van der Waals surface area contributed by atoms with Gasteiger partial charge in [0.25, 0.3) is 0 Å². The van der Waals surface area contributed by atoms with E-state index >= 15 is 0 Å². The zero-order chi connectivity index (χ0) is 16.8. The van der Waals surface area contributed by atoms with Gasteiger partial charge in [-0.2, -0.15) is 0 Å². The highest BCUT2D eigenvalue weighted by Crippen LogP contribution is 2.31. The highest BCUT2D eigenvalue weighted by Gasteiger charge is 2.24. The van der Waals surface area contributed by atoms with Crippen LogP contribution in [0.15, 0.2) is 18.2 Å². The highest BCUT2D eigenvalue weighted by molar-refractivity contribution is 5.77. The van der Waals surface area contributed by atoms with Crippen LogP contribution < -0.4 is 15.0 Å². The van der Waals surface area contributed by atoms with Crippen LogP contribution in [0.3, 0.4) is 0 Å². The van der Waals surface area contributed by atoms with Crippen LogP contribution >= 0.6 is 0 Å². The summed E-state index contributed by atoms with van der Waals surface area (Å²) < 4.78 is 5.83. The second kappa shape index (κ2) is 8.17. The zero-order valence-electron chi connectivity index (χ0n) is 14.2. The van der Waals surface area contributed by atoms with Crippen LogP contribution in [-0.2, 0) is 4.79 Å². The highest BCUT2D eigenvalue weighted by atomic mass is 16.5. The van der Waals surface area contributed by atoms with Gasteiger partial charge in [-0.25, -0.2) is 0 Å². The van der Waals surface area contributed by atoms with E-state index < -0.39 is 0 Å². The molecule has 1 aromatic rings. The van der Waals surface area contributed by atoms with E-state index in [2.05, 4.69) is 22.2 Å². The first kappa shape index (κ1) is 17.6. The van der Waals surface area contributed by atoms with E-state index in [-0.39, 0.29) is 12.7 Å². The molecule has 0 aromatic heterocycles. The van der Waals surface area contributed by atoms with E-state index in [9.17, 15) is 9.90 Å². The molecule has 1 fully saturated rings. The van der Waals surface area contributed by atoms with Crippen molar-refractivity contribution in [3.63, 3.8) is 0 Å². The zero-order valence-corrected chi connectivity index (χ0v) is 14.2. The summed E-state index contributed by atoms with van der Waals surface area (Å²) in [5.74, 6) is 0.683. The Morgan fingerprint density at radius 3 is 2.87 bits per heavy atom. The molecular formula is C17H27N3O3. The molecule has 2 rings (SSSR count). The molecule has 1 aliphatic heterocycles. The Balaban J connectivity index is 2.19. The second-order valence-corrected chi connectivity index (χ2v) is 6.20. The third-order valence-corrected chi connectivity index (χ3v) is 4.15. The second-order valence-electron chi connectivity index (χ2n) is 6.20. The molecule has 1 unspecified atom stereocenters. The average molecular weight is 321 g/mol. The van der Waals surface area contributed by atoms with Crippen molar-refractivity contribution in [2.75, 3.05) is 43.5 Å². The van der Waals surface area contributed by atoms with Crippen LogP contribution in [0.4, 0.5) is 11.4 Å². The number of anilines is 2. The first-order chi connectivity index (χ1) is 11.0. The molecule has 23 heavy (non-hydrogen) atoms. The van der Waals surface area contributed by atoms with Crippen LogP contribution in [0.1, 0.15) is 20.3 Å². The molecule has 0 radical (unpaired) electrons. The van der Waals surface area contributed by atoms with Gasteiger partial charge >= 0.3 is 0 Å². The van der Waals surface area contributed by atoms with Crippen molar-refractivity contribution in [1.82, 2.24) is 4.90 Å². The number of amides is 1. The number of aliphatic hydroxyl groups is 1. The summed E-state index contributed by atoms with van der Waals surface area (Å²) in [4.78, 5) is 15.3. The normalized spacial score (nSPS) is 19.0. The minimum atomic E-state index is 0.0343. The molecule has 6 nitrogen and oxygen atoms in total. The Bertz CT molecular complexity index is 522. The summed E-state index contributed by atoms with van der Waals surface area (Å²) in [6.07, 6.45) is 1.47. The SMILES string of the molecule is CC(C)Oc1cc(N2CCN(C)C(CCO)C2)ccc1NC=O.